The van der Waals surface area contributed by atoms with Crippen LogP contribution in [0.5, 0.6) is 17.2 Å². The van der Waals surface area contributed by atoms with Crippen LogP contribution in [-0.4, -0.2) is 38.0 Å². The van der Waals surface area contributed by atoms with Crippen molar-refractivity contribution in [1.82, 2.24) is 0 Å². The Hall–Kier alpha value is -4.39. The predicted molar refractivity (Wildman–Crippen MR) is 144 cm³/mol. The first kappa shape index (κ1) is 28.2. The van der Waals surface area contributed by atoms with E-state index in [1.807, 2.05) is 0 Å². The van der Waals surface area contributed by atoms with Gasteiger partial charge in [0.15, 0.2) is 5.78 Å². The maximum Gasteiger partial charge on any atom is 0.343 e. The van der Waals surface area contributed by atoms with Gasteiger partial charge in [-0.15, -0.1) is 0 Å². The zero-order valence-electron chi connectivity index (χ0n) is 21.5. The highest BCUT2D eigenvalue weighted by Gasteiger charge is 2.11. The zero-order chi connectivity index (χ0) is 27.2. The summed E-state index contributed by atoms with van der Waals surface area (Å²) in [4.78, 5) is 36.0. The third kappa shape index (κ3) is 9.24. The summed E-state index contributed by atoms with van der Waals surface area (Å²) in [6.45, 7) is 4.32. The van der Waals surface area contributed by atoms with Crippen molar-refractivity contribution in [3.05, 3.63) is 102 Å². The average molecular weight is 517 g/mol. The number of carbonyl (C=O) groups excluding carboxylic acids is 3. The van der Waals surface area contributed by atoms with Crippen molar-refractivity contribution in [3.63, 3.8) is 0 Å². The fourth-order valence-corrected chi connectivity index (χ4v) is 3.57. The van der Waals surface area contributed by atoms with Crippen LogP contribution in [0.1, 0.15) is 52.0 Å². The van der Waals surface area contributed by atoms with Gasteiger partial charge in [-0.2, -0.15) is 0 Å². The number of methoxy groups -OCH3 is 1. The van der Waals surface area contributed by atoms with E-state index in [4.69, 9.17) is 18.9 Å². The van der Waals surface area contributed by atoms with Crippen LogP contribution in [0.25, 0.3) is 0 Å². The van der Waals surface area contributed by atoms with Crippen LogP contribution in [0, 0.1) is 0 Å². The van der Waals surface area contributed by atoms with Crippen molar-refractivity contribution in [3.8, 4) is 17.2 Å². The lowest BCUT2D eigenvalue weighted by Gasteiger charge is -2.08. The number of esters is 2. The van der Waals surface area contributed by atoms with Crippen molar-refractivity contribution < 1.29 is 33.3 Å². The van der Waals surface area contributed by atoms with E-state index in [1.54, 1.807) is 79.9 Å². The molecule has 0 spiro atoms. The molecule has 0 saturated carbocycles. The van der Waals surface area contributed by atoms with Crippen LogP contribution in [0.4, 0.5) is 0 Å². The molecule has 0 bridgehead atoms. The molecule has 0 aromatic heterocycles. The number of Topliss-reactive ketones (excluding diaryl/α,β-unsaturated/α-hetero) is 1. The van der Waals surface area contributed by atoms with Crippen LogP contribution in [0.3, 0.4) is 0 Å². The molecule has 0 radical (unpaired) electrons. The van der Waals surface area contributed by atoms with Gasteiger partial charge < -0.3 is 18.9 Å². The minimum atomic E-state index is -0.476. The fraction of sp³-hybridized carbons (Fsp3) is 0.258. The highest BCUT2D eigenvalue weighted by molar-refractivity contribution is 5.97. The van der Waals surface area contributed by atoms with Crippen molar-refractivity contribution in [2.24, 2.45) is 0 Å². The Morgan fingerprint density at radius 3 is 1.92 bits per heavy atom. The van der Waals surface area contributed by atoms with Gasteiger partial charge in [-0.1, -0.05) is 18.7 Å². The quantitative estimate of drug-likeness (QED) is 0.0804. The average Bonchev–Trinajstić information content (AvgIpc) is 2.95. The Morgan fingerprint density at radius 2 is 1.29 bits per heavy atom. The van der Waals surface area contributed by atoms with Crippen molar-refractivity contribution in [2.45, 2.75) is 32.1 Å². The fourth-order valence-electron chi connectivity index (χ4n) is 3.57. The Morgan fingerprint density at radius 1 is 0.711 bits per heavy atom. The van der Waals surface area contributed by atoms with Gasteiger partial charge in [-0.25, -0.2) is 9.59 Å². The molecule has 0 aliphatic carbocycles. The van der Waals surface area contributed by atoms with E-state index < -0.39 is 11.9 Å². The third-order valence-corrected chi connectivity index (χ3v) is 5.72. The summed E-state index contributed by atoms with van der Waals surface area (Å²) in [6, 6.07) is 20.7. The normalized spacial score (nSPS) is 10.3. The summed E-state index contributed by atoms with van der Waals surface area (Å²) in [5.41, 5.74) is 1.84. The molecule has 38 heavy (non-hydrogen) atoms. The number of ketones is 1. The summed E-state index contributed by atoms with van der Waals surface area (Å²) in [7, 11) is 1.58. The predicted octanol–water partition coefficient (Wildman–Crippen LogP) is 6.01. The Bertz CT molecular complexity index is 1200. The summed E-state index contributed by atoms with van der Waals surface area (Å²) < 4.78 is 21.2. The van der Waals surface area contributed by atoms with E-state index in [1.165, 1.54) is 0 Å². The molecule has 0 saturated heterocycles. The molecule has 198 valence electrons. The standard InChI is InChI=1S/C31H32O7/c1-3-30(33)37-21-7-5-4-6-20-36-27-18-12-25(13-19-27)31(34)38-28-14-8-23(9-15-28)22-29(32)24-10-16-26(35-2)17-11-24/h3,8-19H,1,4-7,20-22H2,2H3. The van der Waals surface area contributed by atoms with Gasteiger partial charge in [0, 0.05) is 18.1 Å². The van der Waals surface area contributed by atoms with E-state index >= 15 is 0 Å². The minimum absolute atomic E-state index is 0.00810. The molecule has 0 amide bonds. The van der Waals surface area contributed by atoms with Gasteiger partial charge in [0.25, 0.3) is 0 Å². The first-order valence-corrected chi connectivity index (χ1v) is 12.5. The lowest BCUT2D eigenvalue weighted by atomic mass is 10.0. The number of rotatable bonds is 15. The first-order valence-electron chi connectivity index (χ1n) is 12.5. The van der Waals surface area contributed by atoms with Gasteiger partial charge in [0.1, 0.15) is 17.2 Å². The van der Waals surface area contributed by atoms with Crippen molar-refractivity contribution in [2.75, 3.05) is 20.3 Å². The highest BCUT2D eigenvalue weighted by Crippen LogP contribution is 2.19. The molecular weight excluding hydrogens is 484 g/mol. The van der Waals surface area contributed by atoms with Gasteiger partial charge in [0.2, 0.25) is 0 Å². The van der Waals surface area contributed by atoms with Crippen LogP contribution in [-0.2, 0) is 16.0 Å². The van der Waals surface area contributed by atoms with Gasteiger partial charge >= 0.3 is 11.9 Å². The molecular formula is C31H32O7. The lowest BCUT2D eigenvalue weighted by molar-refractivity contribution is -0.137. The van der Waals surface area contributed by atoms with E-state index in [2.05, 4.69) is 6.58 Å². The van der Waals surface area contributed by atoms with Crippen LogP contribution < -0.4 is 14.2 Å². The second kappa shape index (κ2) is 15.0. The van der Waals surface area contributed by atoms with Crippen LogP contribution in [0.15, 0.2) is 85.5 Å². The molecule has 7 heteroatoms. The number of hydrogen-bond donors (Lipinski definition) is 0. The first-order chi connectivity index (χ1) is 18.5. The third-order valence-electron chi connectivity index (χ3n) is 5.72. The van der Waals surface area contributed by atoms with Crippen molar-refractivity contribution >= 4 is 17.7 Å². The van der Waals surface area contributed by atoms with E-state index in [-0.39, 0.29) is 12.2 Å². The minimum Gasteiger partial charge on any atom is -0.497 e. The van der Waals surface area contributed by atoms with Crippen molar-refractivity contribution in [1.29, 1.82) is 0 Å². The second-order valence-electron chi connectivity index (χ2n) is 8.52. The van der Waals surface area contributed by atoms with E-state index in [0.29, 0.717) is 41.6 Å². The molecule has 0 N–H and O–H groups in total. The van der Waals surface area contributed by atoms with Crippen LogP contribution in [0.2, 0.25) is 0 Å². The second-order valence-corrected chi connectivity index (χ2v) is 8.52. The summed E-state index contributed by atoms with van der Waals surface area (Å²) in [5, 5.41) is 0. The molecule has 3 rings (SSSR count). The number of benzene rings is 3. The van der Waals surface area contributed by atoms with E-state index in [9.17, 15) is 14.4 Å². The molecule has 0 aliphatic rings. The maximum absolute atomic E-state index is 12.5. The number of hydrogen-bond acceptors (Lipinski definition) is 7. The highest BCUT2D eigenvalue weighted by atomic mass is 16.5. The molecule has 0 atom stereocenters. The Kier molecular flexibility index (Phi) is 11.1. The molecule has 7 nitrogen and oxygen atoms in total. The topological polar surface area (TPSA) is 88.1 Å². The summed E-state index contributed by atoms with van der Waals surface area (Å²) in [5.74, 6) is 0.890. The molecule has 0 aliphatic heterocycles. The lowest BCUT2D eigenvalue weighted by Crippen LogP contribution is -2.09. The van der Waals surface area contributed by atoms with Gasteiger partial charge in [-0.3, -0.25) is 4.79 Å². The zero-order valence-corrected chi connectivity index (χ0v) is 21.5. The molecule has 3 aromatic carbocycles. The van der Waals surface area contributed by atoms with Crippen LogP contribution >= 0.6 is 0 Å². The summed E-state index contributed by atoms with van der Waals surface area (Å²) >= 11 is 0. The Labute approximate surface area is 223 Å². The SMILES string of the molecule is C=CC(=O)OCCCCCCOc1ccc(C(=O)Oc2ccc(CC(=O)c3ccc(OC)cc3)cc2)cc1. The number of carbonyl (C=O) groups is 3. The largest absolute Gasteiger partial charge is 0.497 e. The maximum atomic E-state index is 12.5. The monoisotopic (exact) mass is 516 g/mol. The van der Waals surface area contributed by atoms with Gasteiger partial charge in [-0.05, 0) is 91.9 Å². The number of ether oxygens (including phenoxy) is 4. The Balaban J connectivity index is 1.38. The molecule has 0 unspecified atom stereocenters. The smallest absolute Gasteiger partial charge is 0.343 e. The number of unbranched alkanes of at least 4 members (excludes halogenated alkanes) is 3. The molecule has 0 heterocycles. The molecule has 3 aromatic rings. The summed E-state index contributed by atoms with van der Waals surface area (Å²) in [6.07, 6.45) is 4.99. The van der Waals surface area contributed by atoms with Gasteiger partial charge in [0.05, 0.1) is 25.9 Å². The van der Waals surface area contributed by atoms with E-state index in [0.717, 1.165) is 37.3 Å². The molecule has 0 fully saturated rings.